The first-order chi connectivity index (χ1) is 17.3. The molecule has 0 unspecified atom stereocenters. The summed E-state index contributed by atoms with van der Waals surface area (Å²) in [6, 6.07) is 12.9. The van der Waals surface area contributed by atoms with Gasteiger partial charge in [-0.15, -0.1) is 0 Å². The van der Waals surface area contributed by atoms with E-state index in [1.165, 1.54) is 17.0 Å². The number of carbonyl (C=O) groups is 1. The molecule has 1 saturated carbocycles. The maximum absolute atomic E-state index is 13.0. The Hall–Kier alpha value is -2.94. The van der Waals surface area contributed by atoms with Crippen molar-refractivity contribution in [1.29, 1.82) is 0 Å². The number of fused-ring (bicyclic) bond motifs is 2. The van der Waals surface area contributed by atoms with Crippen LogP contribution in [0.1, 0.15) is 63.0 Å². The van der Waals surface area contributed by atoms with Gasteiger partial charge in [-0.05, 0) is 50.3 Å². The number of para-hydroxylation sites is 1. The van der Waals surface area contributed by atoms with Gasteiger partial charge in [-0.3, -0.25) is 9.10 Å². The second-order valence-electron chi connectivity index (χ2n) is 9.97. The number of sulfonamides is 1. The third-order valence-corrected chi connectivity index (χ3v) is 8.47. The highest BCUT2D eigenvalue weighted by molar-refractivity contribution is 7.92. The van der Waals surface area contributed by atoms with E-state index in [-0.39, 0.29) is 30.5 Å². The third kappa shape index (κ3) is 5.40. The first-order valence-corrected chi connectivity index (χ1v) is 14.6. The van der Waals surface area contributed by atoms with Crippen molar-refractivity contribution >= 4 is 21.6 Å². The van der Waals surface area contributed by atoms with Crippen LogP contribution in [0.25, 0.3) is 0 Å². The number of anilines is 1. The predicted molar refractivity (Wildman–Crippen MR) is 137 cm³/mol. The van der Waals surface area contributed by atoms with Gasteiger partial charge in [0.25, 0.3) is 0 Å². The summed E-state index contributed by atoms with van der Waals surface area (Å²) in [7, 11) is -3.54. The Morgan fingerprint density at radius 3 is 2.56 bits per heavy atom. The minimum absolute atomic E-state index is 0.0849. The maximum atomic E-state index is 13.0. The van der Waals surface area contributed by atoms with E-state index in [1.807, 2.05) is 24.3 Å². The van der Waals surface area contributed by atoms with Gasteiger partial charge in [0.2, 0.25) is 15.9 Å². The van der Waals surface area contributed by atoms with Crippen molar-refractivity contribution in [2.24, 2.45) is 0 Å². The van der Waals surface area contributed by atoms with E-state index >= 15 is 0 Å². The van der Waals surface area contributed by atoms with Crippen molar-refractivity contribution in [3.8, 4) is 17.2 Å². The van der Waals surface area contributed by atoms with Gasteiger partial charge < -0.3 is 19.5 Å². The molecule has 2 aromatic carbocycles. The number of nitrogens with one attached hydrogen (secondary N) is 1. The van der Waals surface area contributed by atoms with E-state index in [1.54, 1.807) is 18.2 Å². The molecule has 0 bridgehead atoms. The number of hydrogen-bond acceptors (Lipinski definition) is 6. The highest BCUT2D eigenvalue weighted by Gasteiger charge is 2.42. The quantitative estimate of drug-likeness (QED) is 0.591. The van der Waals surface area contributed by atoms with E-state index in [4.69, 9.17) is 14.2 Å². The normalized spacial score (nSPS) is 20.2. The van der Waals surface area contributed by atoms with Crippen LogP contribution in [0.2, 0.25) is 0 Å². The summed E-state index contributed by atoms with van der Waals surface area (Å²) in [4.78, 5) is 13.0. The molecular formula is C27H34N2O6S. The highest BCUT2D eigenvalue weighted by Crippen LogP contribution is 2.46. The van der Waals surface area contributed by atoms with Crippen molar-refractivity contribution in [2.75, 3.05) is 30.3 Å². The average Bonchev–Trinajstić information content (AvgIpc) is 2.86. The average molecular weight is 515 g/mol. The molecule has 8 nitrogen and oxygen atoms in total. The number of hydrogen-bond donors (Lipinski definition) is 1. The first-order valence-electron chi connectivity index (χ1n) is 12.8. The third-order valence-electron chi connectivity index (χ3n) is 7.28. The van der Waals surface area contributed by atoms with Crippen LogP contribution >= 0.6 is 0 Å². The molecule has 9 heteroatoms. The van der Waals surface area contributed by atoms with Crippen molar-refractivity contribution in [3.05, 3.63) is 48.0 Å². The SMILES string of the molecule is CS(=O)(=O)N(CCCC(=O)N[C@H]1CC2(CCCCC2)Oc2ccccc21)c1ccc2c(c1)OCCO2. The lowest BCUT2D eigenvalue weighted by molar-refractivity contribution is -0.122. The molecule has 1 spiro atoms. The van der Waals surface area contributed by atoms with Crippen molar-refractivity contribution in [3.63, 3.8) is 0 Å². The summed E-state index contributed by atoms with van der Waals surface area (Å²) >= 11 is 0. The van der Waals surface area contributed by atoms with Gasteiger partial charge in [-0.25, -0.2) is 8.42 Å². The van der Waals surface area contributed by atoms with Gasteiger partial charge in [0.05, 0.1) is 18.0 Å². The molecule has 1 N–H and O–H groups in total. The van der Waals surface area contributed by atoms with Gasteiger partial charge in [0.1, 0.15) is 24.6 Å². The number of carbonyl (C=O) groups excluding carboxylic acids is 1. The fourth-order valence-electron chi connectivity index (χ4n) is 5.57. The first kappa shape index (κ1) is 24.7. The number of ether oxygens (including phenoxy) is 3. The van der Waals surface area contributed by atoms with Gasteiger partial charge in [-0.1, -0.05) is 24.6 Å². The predicted octanol–water partition coefficient (Wildman–Crippen LogP) is 4.35. The topological polar surface area (TPSA) is 94.2 Å². The zero-order valence-corrected chi connectivity index (χ0v) is 21.5. The van der Waals surface area contributed by atoms with Crippen LogP contribution in [0.3, 0.4) is 0 Å². The lowest BCUT2D eigenvalue weighted by Gasteiger charge is -2.44. The van der Waals surface area contributed by atoms with Crippen molar-refractivity contribution in [2.45, 2.75) is 63.0 Å². The second kappa shape index (κ2) is 10.2. The summed E-state index contributed by atoms with van der Waals surface area (Å²) in [5.41, 5.74) is 1.30. The summed E-state index contributed by atoms with van der Waals surface area (Å²) in [6.45, 7) is 1.09. The standard InChI is InChI=1S/C27H34N2O6S/c1-36(31,32)29(20-11-12-24-25(18-20)34-17-16-33-24)15-7-10-26(30)28-22-19-27(13-5-2-6-14-27)35-23-9-4-3-8-21(22)23/h3-4,8-9,11-12,18,22H,2,5-7,10,13-17,19H2,1H3,(H,28,30)/t22-/m0/s1. The number of amides is 1. The molecule has 2 aliphatic heterocycles. The number of nitrogens with zero attached hydrogens (tertiary/aromatic N) is 1. The van der Waals surface area contributed by atoms with Crippen LogP contribution in [-0.2, 0) is 14.8 Å². The molecule has 2 heterocycles. The largest absolute Gasteiger partial charge is 0.487 e. The summed E-state index contributed by atoms with van der Waals surface area (Å²) < 4.78 is 44.0. The van der Waals surface area contributed by atoms with Gasteiger partial charge in [-0.2, -0.15) is 0 Å². The fourth-order valence-corrected chi connectivity index (χ4v) is 6.53. The zero-order chi connectivity index (χ0) is 25.2. The zero-order valence-electron chi connectivity index (χ0n) is 20.7. The molecule has 0 saturated heterocycles. The van der Waals surface area contributed by atoms with Crippen LogP contribution < -0.4 is 23.8 Å². The minimum Gasteiger partial charge on any atom is -0.487 e. The minimum atomic E-state index is -3.54. The Balaban J connectivity index is 1.23. The second-order valence-corrected chi connectivity index (χ2v) is 11.9. The van der Waals surface area contributed by atoms with Crippen LogP contribution in [0.4, 0.5) is 5.69 Å². The Kier molecular flexibility index (Phi) is 7.01. The maximum Gasteiger partial charge on any atom is 0.232 e. The van der Waals surface area contributed by atoms with E-state index < -0.39 is 10.0 Å². The van der Waals surface area contributed by atoms with E-state index in [2.05, 4.69) is 5.32 Å². The van der Waals surface area contributed by atoms with Gasteiger partial charge in [0, 0.05) is 31.0 Å². The summed E-state index contributed by atoms with van der Waals surface area (Å²) in [5.74, 6) is 1.90. The fraction of sp³-hybridized carbons (Fsp3) is 0.519. The van der Waals surface area contributed by atoms with Crippen LogP contribution in [0.15, 0.2) is 42.5 Å². The summed E-state index contributed by atoms with van der Waals surface area (Å²) in [5, 5.41) is 3.22. The van der Waals surface area contributed by atoms with E-state index in [9.17, 15) is 13.2 Å². The molecule has 194 valence electrons. The number of benzene rings is 2. The molecular weight excluding hydrogens is 480 g/mol. The molecule has 1 amide bonds. The highest BCUT2D eigenvalue weighted by atomic mass is 32.2. The Morgan fingerprint density at radius 2 is 1.78 bits per heavy atom. The Labute approximate surface area is 213 Å². The molecule has 5 rings (SSSR count). The van der Waals surface area contributed by atoms with Crippen LogP contribution in [-0.4, -0.2) is 45.9 Å². The molecule has 36 heavy (non-hydrogen) atoms. The number of rotatable bonds is 7. The molecule has 1 aliphatic carbocycles. The van der Waals surface area contributed by atoms with Crippen molar-refractivity contribution < 1.29 is 27.4 Å². The lowest BCUT2D eigenvalue weighted by atomic mass is 9.77. The summed E-state index contributed by atoms with van der Waals surface area (Å²) in [6.07, 6.45) is 8.08. The van der Waals surface area contributed by atoms with Crippen LogP contribution in [0.5, 0.6) is 17.2 Å². The molecule has 2 aromatic rings. The molecule has 0 aromatic heterocycles. The van der Waals surface area contributed by atoms with E-state index in [0.717, 1.165) is 43.4 Å². The smallest absolute Gasteiger partial charge is 0.232 e. The van der Waals surface area contributed by atoms with Crippen molar-refractivity contribution in [1.82, 2.24) is 5.32 Å². The van der Waals surface area contributed by atoms with Gasteiger partial charge >= 0.3 is 0 Å². The molecule has 3 aliphatic rings. The molecule has 0 radical (unpaired) electrons. The van der Waals surface area contributed by atoms with Gasteiger partial charge in [0.15, 0.2) is 11.5 Å². The van der Waals surface area contributed by atoms with E-state index in [0.29, 0.717) is 36.8 Å². The molecule has 1 fully saturated rings. The Morgan fingerprint density at radius 1 is 1.03 bits per heavy atom. The lowest BCUT2D eigenvalue weighted by Crippen LogP contribution is -2.46. The monoisotopic (exact) mass is 514 g/mol. The Bertz CT molecular complexity index is 1210. The van der Waals surface area contributed by atoms with Crippen LogP contribution in [0, 0.1) is 0 Å². The molecule has 1 atom stereocenters.